The molecule has 2 heterocycles. The molecule has 3 aromatic rings. The summed E-state index contributed by atoms with van der Waals surface area (Å²) in [5, 5.41) is 2.97. The van der Waals surface area contributed by atoms with Gasteiger partial charge in [0.1, 0.15) is 12.4 Å². The Kier molecular flexibility index (Phi) is 7.04. The number of nitrogens with one attached hydrogen (secondary N) is 1. The summed E-state index contributed by atoms with van der Waals surface area (Å²) in [6.07, 6.45) is 1.47. The van der Waals surface area contributed by atoms with Crippen LogP contribution in [0.5, 0.6) is 0 Å². The molecule has 0 fully saturated rings. The first-order valence-corrected chi connectivity index (χ1v) is 11.7. The fourth-order valence-electron chi connectivity index (χ4n) is 4.19. The van der Waals surface area contributed by atoms with E-state index in [0.717, 1.165) is 41.9 Å². The Morgan fingerprint density at radius 2 is 1.85 bits per heavy atom. The molecule has 6 nitrogen and oxygen atoms in total. The molecule has 33 heavy (non-hydrogen) atoms. The Hall–Kier alpha value is -3.25. The Balaban J connectivity index is 1.69. The minimum atomic E-state index is -0.164. The van der Waals surface area contributed by atoms with Crippen LogP contribution in [0.1, 0.15) is 42.7 Å². The van der Waals surface area contributed by atoms with Crippen molar-refractivity contribution in [3.63, 3.8) is 0 Å². The minimum absolute atomic E-state index is 0.0274. The first-order chi connectivity index (χ1) is 15.9. The summed E-state index contributed by atoms with van der Waals surface area (Å²) in [5.41, 5.74) is 4.66. The number of benzene rings is 2. The van der Waals surface area contributed by atoms with E-state index in [1.807, 2.05) is 63.2 Å². The van der Waals surface area contributed by atoms with Gasteiger partial charge < -0.3 is 5.32 Å². The summed E-state index contributed by atoms with van der Waals surface area (Å²) in [4.78, 5) is 33.5. The maximum Gasteiger partial charge on any atom is 0.257 e. The van der Waals surface area contributed by atoms with Gasteiger partial charge in [0.25, 0.3) is 5.56 Å². The Morgan fingerprint density at radius 3 is 2.55 bits per heavy atom. The van der Waals surface area contributed by atoms with Crippen LogP contribution in [0.3, 0.4) is 0 Å². The molecule has 1 aliphatic rings. The van der Waals surface area contributed by atoms with Crippen LogP contribution < -0.4 is 10.9 Å². The molecule has 0 bridgehead atoms. The molecule has 0 radical (unpaired) electrons. The lowest BCUT2D eigenvalue weighted by Crippen LogP contribution is -2.41. The zero-order valence-corrected chi connectivity index (χ0v) is 19.7. The van der Waals surface area contributed by atoms with Crippen molar-refractivity contribution in [3.8, 4) is 11.4 Å². The molecule has 6 heteroatoms. The number of amides is 1. The largest absolute Gasteiger partial charge is 0.352 e. The molecule has 0 spiro atoms. The van der Waals surface area contributed by atoms with E-state index in [9.17, 15) is 9.59 Å². The van der Waals surface area contributed by atoms with Crippen LogP contribution in [0, 0.1) is 6.92 Å². The predicted octanol–water partition coefficient (Wildman–Crippen LogP) is 3.69. The van der Waals surface area contributed by atoms with Crippen molar-refractivity contribution >= 4 is 5.91 Å². The molecule has 4 rings (SSSR count). The van der Waals surface area contributed by atoms with E-state index in [0.29, 0.717) is 18.8 Å². The maximum atomic E-state index is 13.6. The lowest BCUT2D eigenvalue weighted by Gasteiger charge is -2.29. The lowest BCUT2D eigenvalue weighted by atomic mass is 10.0. The highest BCUT2D eigenvalue weighted by atomic mass is 16.2. The smallest absolute Gasteiger partial charge is 0.257 e. The number of aryl methyl sites for hydroxylation is 1. The van der Waals surface area contributed by atoms with Crippen LogP contribution in [-0.2, 0) is 30.8 Å². The van der Waals surface area contributed by atoms with Gasteiger partial charge >= 0.3 is 0 Å². The van der Waals surface area contributed by atoms with E-state index < -0.39 is 0 Å². The quantitative estimate of drug-likeness (QED) is 0.604. The second-order valence-corrected chi connectivity index (χ2v) is 8.94. The summed E-state index contributed by atoms with van der Waals surface area (Å²) in [7, 11) is 0. The molecule has 1 N–H and O–H groups in total. The standard InChI is InChI=1S/C27H32N4O2/c1-4-20(3)28-25(32)18-31-26(22-12-10-19(2)11-13-22)29-24-17-30(15-14-23(24)27(31)33)16-21-8-6-5-7-9-21/h5-13,20H,4,14-18H2,1-3H3,(H,28,32)/t20-/m1/s1. The van der Waals surface area contributed by atoms with Crippen LogP contribution in [0.4, 0.5) is 0 Å². The molecule has 0 unspecified atom stereocenters. The molecule has 0 saturated heterocycles. The highest BCUT2D eigenvalue weighted by Gasteiger charge is 2.25. The van der Waals surface area contributed by atoms with Crippen molar-refractivity contribution in [1.82, 2.24) is 19.8 Å². The Morgan fingerprint density at radius 1 is 1.12 bits per heavy atom. The minimum Gasteiger partial charge on any atom is -0.352 e. The zero-order chi connectivity index (χ0) is 23.4. The molecule has 1 aromatic heterocycles. The van der Waals surface area contributed by atoms with E-state index in [1.165, 1.54) is 5.56 Å². The predicted molar refractivity (Wildman–Crippen MR) is 131 cm³/mol. The molecule has 2 aromatic carbocycles. The molecular weight excluding hydrogens is 412 g/mol. The molecule has 0 aliphatic carbocycles. The van der Waals surface area contributed by atoms with Crippen LogP contribution in [-0.4, -0.2) is 32.9 Å². The molecular formula is C27H32N4O2. The van der Waals surface area contributed by atoms with Gasteiger partial charge in [-0.05, 0) is 32.3 Å². The van der Waals surface area contributed by atoms with Gasteiger partial charge in [-0.1, -0.05) is 67.1 Å². The van der Waals surface area contributed by atoms with E-state index in [-0.39, 0.29) is 24.1 Å². The number of rotatable bonds is 7. The van der Waals surface area contributed by atoms with Crippen molar-refractivity contribution in [1.29, 1.82) is 0 Å². The van der Waals surface area contributed by atoms with E-state index in [1.54, 1.807) is 4.57 Å². The Bertz CT molecular complexity index is 1170. The second kappa shape index (κ2) is 10.1. The van der Waals surface area contributed by atoms with Crippen molar-refractivity contribution in [2.45, 2.75) is 59.3 Å². The van der Waals surface area contributed by atoms with Gasteiger partial charge in [-0.3, -0.25) is 19.1 Å². The highest BCUT2D eigenvalue weighted by molar-refractivity contribution is 5.76. The summed E-state index contributed by atoms with van der Waals surface area (Å²) >= 11 is 0. The first-order valence-electron chi connectivity index (χ1n) is 11.7. The normalized spacial score (nSPS) is 14.5. The average molecular weight is 445 g/mol. The summed E-state index contributed by atoms with van der Waals surface area (Å²) in [6.45, 7) is 8.23. The van der Waals surface area contributed by atoms with Gasteiger partial charge in [0.15, 0.2) is 0 Å². The number of carbonyl (C=O) groups excluding carboxylic acids is 1. The third kappa shape index (κ3) is 5.40. The number of aromatic nitrogens is 2. The Labute approximate surface area is 195 Å². The van der Waals surface area contributed by atoms with Crippen molar-refractivity contribution in [3.05, 3.63) is 87.3 Å². The van der Waals surface area contributed by atoms with Crippen LogP contribution in [0.2, 0.25) is 0 Å². The average Bonchev–Trinajstić information content (AvgIpc) is 2.82. The van der Waals surface area contributed by atoms with E-state index >= 15 is 0 Å². The number of hydrogen-bond donors (Lipinski definition) is 1. The number of hydrogen-bond acceptors (Lipinski definition) is 4. The van der Waals surface area contributed by atoms with Crippen LogP contribution >= 0.6 is 0 Å². The molecule has 172 valence electrons. The lowest BCUT2D eigenvalue weighted by molar-refractivity contribution is -0.122. The van der Waals surface area contributed by atoms with E-state index in [2.05, 4.69) is 22.3 Å². The molecule has 0 saturated carbocycles. The van der Waals surface area contributed by atoms with Gasteiger partial charge in [-0.25, -0.2) is 4.98 Å². The number of fused-ring (bicyclic) bond motifs is 1. The SMILES string of the molecule is CC[C@@H](C)NC(=O)Cn1c(-c2ccc(C)cc2)nc2c(c1=O)CCN(Cc1ccccc1)C2. The van der Waals surface area contributed by atoms with Gasteiger partial charge in [0.05, 0.1) is 5.69 Å². The molecule has 1 amide bonds. The number of carbonyl (C=O) groups is 1. The molecule has 1 atom stereocenters. The topological polar surface area (TPSA) is 67.2 Å². The van der Waals surface area contributed by atoms with Gasteiger partial charge in [0.2, 0.25) is 5.91 Å². The fraction of sp³-hybridized carbons (Fsp3) is 0.370. The fourth-order valence-corrected chi connectivity index (χ4v) is 4.19. The van der Waals surface area contributed by atoms with Gasteiger partial charge in [0, 0.05) is 36.8 Å². The van der Waals surface area contributed by atoms with Gasteiger partial charge in [-0.15, -0.1) is 0 Å². The number of nitrogens with zero attached hydrogens (tertiary/aromatic N) is 3. The highest BCUT2D eigenvalue weighted by Crippen LogP contribution is 2.22. The monoisotopic (exact) mass is 444 g/mol. The van der Waals surface area contributed by atoms with E-state index in [4.69, 9.17) is 4.98 Å². The third-order valence-corrected chi connectivity index (χ3v) is 6.28. The summed E-state index contributed by atoms with van der Waals surface area (Å²) in [6, 6.07) is 18.4. The van der Waals surface area contributed by atoms with Gasteiger partial charge in [-0.2, -0.15) is 0 Å². The first kappa shape index (κ1) is 22.9. The van der Waals surface area contributed by atoms with Crippen molar-refractivity contribution < 1.29 is 4.79 Å². The van der Waals surface area contributed by atoms with Crippen LogP contribution in [0.15, 0.2) is 59.4 Å². The van der Waals surface area contributed by atoms with Crippen molar-refractivity contribution in [2.75, 3.05) is 6.54 Å². The third-order valence-electron chi connectivity index (χ3n) is 6.28. The zero-order valence-electron chi connectivity index (χ0n) is 19.7. The summed E-state index contributed by atoms with van der Waals surface area (Å²) in [5.74, 6) is 0.391. The van der Waals surface area contributed by atoms with Crippen molar-refractivity contribution in [2.24, 2.45) is 0 Å². The second-order valence-electron chi connectivity index (χ2n) is 8.94. The summed E-state index contributed by atoms with van der Waals surface area (Å²) < 4.78 is 1.55. The molecule has 1 aliphatic heterocycles. The maximum absolute atomic E-state index is 13.6. The van der Waals surface area contributed by atoms with Crippen LogP contribution in [0.25, 0.3) is 11.4 Å².